The maximum Gasteiger partial charge on any atom is 0.314 e. The van der Waals surface area contributed by atoms with Crippen LogP contribution < -0.4 is 10.6 Å². The zero-order valence-corrected chi connectivity index (χ0v) is 15.6. The number of carbonyl (C=O) groups is 3. The van der Waals surface area contributed by atoms with Crippen LogP contribution in [0, 0.1) is 11.3 Å². The Balaban J connectivity index is 2.20. The Hall–Kier alpha value is -1.59. The molecular formula is C18H33N3O3. The standard InChI is InChI=1S/C18H33N3O3/c1-5-6-7-8-10-19-17(24)20-11-9-12-21-15(22)13-14(16(21)23)18(2,3)4/h14H,5-13H2,1-4H3,(H2,19,20,24). The highest BCUT2D eigenvalue weighted by Gasteiger charge is 2.44. The second kappa shape index (κ2) is 9.64. The van der Waals surface area contributed by atoms with Gasteiger partial charge in [0.15, 0.2) is 0 Å². The zero-order chi connectivity index (χ0) is 18.2. The highest BCUT2D eigenvalue weighted by Crippen LogP contribution is 2.35. The number of nitrogens with one attached hydrogen (secondary N) is 2. The van der Waals surface area contributed by atoms with Crippen LogP contribution >= 0.6 is 0 Å². The summed E-state index contributed by atoms with van der Waals surface area (Å²) >= 11 is 0. The van der Waals surface area contributed by atoms with E-state index in [9.17, 15) is 14.4 Å². The molecule has 138 valence electrons. The Morgan fingerprint density at radius 2 is 1.71 bits per heavy atom. The molecule has 6 nitrogen and oxygen atoms in total. The van der Waals surface area contributed by atoms with Gasteiger partial charge in [0.25, 0.3) is 0 Å². The first kappa shape index (κ1) is 20.5. The zero-order valence-electron chi connectivity index (χ0n) is 15.6. The van der Waals surface area contributed by atoms with E-state index < -0.39 is 0 Å². The first-order valence-electron chi connectivity index (χ1n) is 9.13. The lowest BCUT2D eigenvalue weighted by molar-refractivity contribution is -0.140. The monoisotopic (exact) mass is 339 g/mol. The molecule has 1 saturated heterocycles. The Morgan fingerprint density at radius 3 is 2.25 bits per heavy atom. The molecule has 2 N–H and O–H groups in total. The number of urea groups is 1. The maximum absolute atomic E-state index is 12.3. The predicted molar refractivity (Wildman–Crippen MR) is 94.4 cm³/mol. The smallest absolute Gasteiger partial charge is 0.314 e. The van der Waals surface area contributed by atoms with E-state index in [1.807, 2.05) is 20.8 Å². The summed E-state index contributed by atoms with van der Waals surface area (Å²) in [6.45, 7) is 9.62. The van der Waals surface area contributed by atoms with Crippen molar-refractivity contribution in [3.63, 3.8) is 0 Å². The highest BCUT2D eigenvalue weighted by atomic mass is 16.2. The van der Waals surface area contributed by atoms with Crippen LogP contribution in [0.4, 0.5) is 4.79 Å². The lowest BCUT2D eigenvalue weighted by Gasteiger charge is -2.24. The largest absolute Gasteiger partial charge is 0.338 e. The van der Waals surface area contributed by atoms with E-state index in [0.29, 0.717) is 32.5 Å². The van der Waals surface area contributed by atoms with Gasteiger partial charge >= 0.3 is 6.03 Å². The number of hydrogen-bond acceptors (Lipinski definition) is 3. The summed E-state index contributed by atoms with van der Waals surface area (Å²) < 4.78 is 0. The van der Waals surface area contributed by atoms with Crippen molar-refractivity contribution in [2.75, 3.05) is 19.6 Å². The van der Waals surface area contributed by atoms with Gasteiger partial charge in [0.2, 0.25) is 11.8 Å². The Morgan fingerprint density at radius 1 is 1.08 bits per heavy atom. The lowest BCUT2D eigenvalue weighted by atomic mass is 9.80. The van der Waals surface area contributed by atoms with Crippen molar-refractivity contribution >= 4 is 17.8 Å². The number of hydrogen-bond donors (Lipinski definition) is 2. The van der Waals surface area contributed by atoms with Crippen molar-refractivity contribution in [3.05, 3.63) is 0 Å². The second-order valence-corrected chi connectivity index (χ2v) is 7.60. The molecule has 0 aromatic carbocycles. The topological polar surface area (TPSA) is 78.5 Å². The molecule has 6 heteroatoms. The van der Waals surface area contributed by atoms with E-state index in [1.165, 1.54) is 17.7 Å². The minimum Gasteiger partial charge on any atom is -0.338 e. The van der Waals surface area contributed by atoms with E-state index in [1.54, 1.807) is 0 Å². The number of imide groups is 1. The molecule has 1 fully saturated rings. The first-order valence-corrected chi connectivity index (χ1v) is 9.13. The van der Waals surface area contributed by atoms with Gasteiger partial charge in [-0.25, -0.2) is 4.79 Å². The summed E-state index contributed by atoms with van der Waals surface area (Å²) in [5, 5.41) is 5.59. The van der Waals surface area contributed by atoms with Crippen molar-refractivity contribution in [1.29, 1.82) is 0 Å². The summed E-state index contributed by atoms with van der Waals surface area (Å²) in [4.78, 5) is 37.3. The number of carbonyl (C=O) groups excluding carboxylic acids is 3. The second-order valence-electron chi connectivity index (χ2n) is 7.60. The molecule has 0 saturated carbocycles. The molecule has 1 atom stereocenters. The first-order chi connectivity index (χ1) is 11.3. The quantitative estimate of drug-likeness (QED) is 0.501. The fraction of sp³-hybridized carbons (Fsp3) is 0.833. The minimum absolute atomic E-state index is 0.0760. The lowest BCUT2D eigenvalue weighted by Crippen LogP contribution is -2.39. The van der Waals surface area contributed by atoms with Gasteiger partial charge in [-0.2, -0.15) is 0 Å². The average molecular weight is 339 g/mol. The Kier molecular flexibility index (Phi) is 8.22. The molecule has 0 aromatic heterocycles. The van der Waals surface area contributed by atoms with Gasteiger partial charge in [0.05, 0.1) is 5.92 Å². The Bertz CT molecular complexity index is 443. The average Bonchev–Trinajstić information content (AvgIpc) is 2.79. The van der Waals surface area contributed by atoms with E-state index in [4.69, 9.17) is 0 Å². The summed E-state index contributed by atoms with van der Waals surface area (Å²) in [6, 6.07) is -0.182. The number of nitrogens with zero attached hydrogens (tertiary/aromatic N) is 1. The van der Waals surface area contributed by atoms with Crippen LogP contribution in [-0.4, -0.2) is 42.4 Å². The maximum atomic E-state index is 12.3. The van der Waals surface area contributed by atoms with Crippen LogP contribution in [-0.2, 0) is 9.59 Å². The summed E-state index contributed by atoms with van der Waals surface area (Å²) in [5.41, 5.74) is -0.197. The van der Waals surface area contributed by atoms with Gasteiger partial charge in [-0.3, -0.25) is 14.5 Å². The molecule has 0 aliphatic carbocycles. The van der Waals surface area contributed by atoms with E-state index in [2.05, 4.69) is 17.6 Å². The van der Waals surface area contributed by atoms with Gasteiger partial charge in [-0.05, 0) is 18.3 Å². The van der Waals surface area contributed by atoms with Crippen LogP contribution in [0.1, 0.15) is 66.2 Å². The van der Waals surface area contributed by atoms with Crippen molar-refractivity contribution in [2.24, 2.45) is 11.3 Å². The van der Waals surface area contributed by atoms with Gasteiger partial charge in [0.1, 0.15) is 0 Å². The normalized spacial score (nSPS) is 18.2. The van der Waals surface area contributed by atoms with Crippen LogP contribution in [0.5, 0.6) is 0 Å². The third kappa shape index (κ3) is 6.49. The number of unbranched alkanes of at least 4 members (excludes halogenated alkanes) is 3. The van der Waals surface area contributed by atoms with Crippen LogP contribution in [0.3, 0.4) is 0 Å². The van der Waals surface area contributed by atoms with Crippen molar-refractivity contribution in [3.8, 4) is 0 Å². The van der Waals surface area contributed by atoms with Crippen molar-refractivity contribution in [1.82, 2.24) is 15.5 Å². The predicted octanol–water partition coefficient (Wildman–Crippen LogP) is 2.68. The van der Waals surface area contributed by atoms with E-state index in [0.717, 1.165) is 12.8 Å². The van der Waals surface area contributed by atoms with E-state index >= 15 is 0 Å². The molecule has 1 aliphatic heterocycles. The summed E-state index contributed by atoms with van der Waals surface area (Å²) in [7, 11) is 0. The van der Waals surface area contributed by atoms with Crippen LogP contribution in [0.25, 0.3) is 0 Å². The molecule has 0 aromatic rings. The highest BCUT2D eigenvalue weighted by molar-refractivity contribution is 6.03. The fourth-order valence-electron chi connectivity index (χ4n) is 2.85. The number of amides is 4. The van der Waals surface area contributed by atoms with Crippen molar-refractivity contribution < 1.29 is 14.4 Å². The Labute approximate surface area is 145 Å². The number of rotatable bonds is 9. The molecule has 1 rings (SSSR count). The molecule has 4 amide bonds. The van der Waals surface area contributed by atoms with Gasteiger partial charge in [0, 0.05) is 26.1 Å². The molecule has 0 spiro atoms. The number of likely N-dealkylation sites (tertiary alicyclic amines) is 1. The summed E-state index contributed by atoms with van der Waals surface area (Å²) in [5.74, 6) is -0.405. The van der Waals surface area contributed by atoms with Crippen molar-refractivity contribution in [2.45, 2.75) is 66.2 Å². The van der Waals surface area contributed by atoms with Crippen LogP contribution in [0.15, 0.2) is 0 Å². The van der Waals surface area contributed by atoms with Gasteiger partial charge in [-0.1, -0.05) is 47.0 Å². The van der Waals surface area contributed by atoms with Crippen LogP contribution in [0.2, 0.25) is 0 Å². The molecule has 1 heterocycles. The van der Waals surface area contributed by atoms with Gasteiger partial charge < -0.3 is 10.6 Å². The molecule has 1 aliphatic rings. The fourth-order valence-corrected chi connectivity index (χ4v) is 2.85. The molecule has 0 radical (unpaired) electrons. The third-order valence-corrected chi connectivity index (χ3v) is 4.45. The third-order valence-electron chi connectivity index (χ3n) is 4.45. The SMILES string of the molecule is CCCCCCNC(=O)NCCCN1C(=O)CC(C(C)(C)C)C1=O. The summed E-state index contributed by atoms with van der Waals surface area (Å²) in [6.07, 6.45) is 5.37. The molecule has 24 heavy (non-hydrogen) atoms. The van der Waals surface area contributed by atoms with Gasteiger partial charge in [-0.15, -0.1) is 0 Å². The minimum atomic E-state index is -0.232. The molecule has 0 bridgehead atoms. The van der Waals surface area contributed by atoms with E-state index in [-0.39, 0.29) is 29.2 Å². The molecule has 1 unspecified atom stereocenters. The molecular weight excluding hydrogens is 306 g/mol.